The fourth-order valence-electron chi connectivity index (χ4n) is 2.48. The van der Waals surface area contributed by atoms with E-state index in [1.165, 1.54) is 33.9 Å². The van der Waals surface area contributed by atoms with Crippen LogP contribution in [0.25, 0.3) is 16.3 Å². The predicted molar refractivity (Wildman–Crippen MR) is 74.9 cm³/mol. The minimum atomic E-state index is 1.16. The fraction of sp³-hybridized carbons (Fsp3) is 0.176. The van der Waals surface area contributed by atoms with E-state index < -0.39 is 0 Å². The van der Waals surface area contributed by atoms with Gasteiger partial charge in [-0.3, -0.25) is 0 Å². The average molecular weight is 220 g/mol. The van der Waals surface area contributed by atoms with Crippen molar-refractivity contribution in [1.82, 2.24) is 0 Å². The SMILES string of the molecule is CC1=CCCC(c2ccc3ccccc3c2)=C1. The summed E-state index contributed by atoms with van der Waals surface area (Å²) in [7, 11) is 0. The van der Waals surface area contributed by atoms with Crippen molar-refractivity contribution in [3.8, 4) is 0 Å². The lowest BCUT2D eigenvalue weighted by Gasteiger charge is -2.12. The van der Waals surface area contributed by atoms with Crippen LogP contribution in [0, 0.1) is 0 Å². The molecule has 84 valence electrons. The van der Waals surface area contributed by atoms with E-state index in [2.05, 4.69) is 61.5 Å². The molecule has 0 heteroatoms. The minimum absolute atomic E-state index is 1.16. The Balaban J connectivity index is 2.09. The van der Waals surface area contributed by atoms with Crippen LogP contribution in [0.1, 0.15) is 25.3 Å². The monoisotopic (exact) mass is 220 g/mol. The van der Waals surface area contributed by atoms with Crippen LogP contribution in [0.4, 0.5) is 0 Å². The predicted octanol–water partition coefficient (Wildman–Crippen LogP) is 4.96. The molecule has 2 aromatic rings. The molecule has 0 amide bonds. The summed E-state index contributed by atoms with van der Waals surface area (Å²) in [6.45, 7) is 2.18. The van der Waals surface area contributed by atoms with E-state index in [-0.39, 0.29) is 0 Å². The third kappa shape index (κ3) is 2.03. The van der Waals surface area contributed by atoms with E-state index in [4.69, 9.17) is 0 Å². The van der Waals surface area contributed by atoms with Gasteiger partial charge in [0.2, 0.25) is 0 Å². The highest BCUT2D eigenvalue weighted by molar-refractivity contribution is 5.86. The van der Waals surface area contributed by atoms with Gasteiger partial charge >= 0.3 is 0 Å². The first-order chi connectivity index (χ1) is 8.33. The molecule has 0 aromatic heterocycles. The summed E-state index contributed by atoms with van der Waals surface area (Å²) < 4.78 is 0. The number of benzene rings is 2. The first kappa shape index (κ1) is 10.3. The smallest absolute Gasteiger partial charge is 0.0178 e. The van der Waals surface area contributed by atoms with Gasteiger partial charge in [-0.25, -0.2) is 0 Å². The molecule has 0 radical (unpaired) electrons. The molecule has 0 saturated carbocycles. The van der Waals surface area contributed by atoms with Crippen molar-refractivity contribution in [2.75, 3.05) is 0 Å². The van der Waals surface area contributed by atoms with Crippen LogP contribution in [-0.4, -0.2) is 0 Å². The maximum Gasteiger partial charge on any atom is -0.0178 e. The van der Waals surface area contributed by atoms with Crippen molar-refractivity contribution in [3.05, 3.63) is 65.8 Å². The highest BCUT2D eigenvalue weighted by Gasteiger charge is 2.06. The molecule has 0 saturated heterocycles. The number of hydrogen-bond acceptors (Lipinski definition) is 0. The molecule has 0 aliphatic heterocycles. The standard InChI is InChI=1S/C17H16/c1-13-5-4-8-15(11-13)17-10-9-14-6-2-3-7-16(14)12-17/h2-3,5-7,9-12H,4,8H2,1H3. The fourth-order valence-corrected chi connectivity index (χ4v) is 2.48. The molecule has 0 N–H and O–H groups in total. The maximum atomic E-state index is 2.31. The van der Waals surface area contributed by atoms with E-state index in [0.717, 1.165) is 6.42 Å². The van der Waals surface area contributed by atoms with Gasteiger partial charge in [0.05, 0.1) is 0 Å². The summed E-state index contributed by atoms with van der Waals surface area (Å²) in [5.74, 6) is 0. The molecule has 0 heterocycles. The number of rotatable bonds is 1. The van der Waals surface area contributed by atoms with Crippen molar-refractivity contribution < 1.29 is 0 Å². The van der Waals surface area contributed by atoms with Crippen molar-refractivity contribution in [3.63, 3.8) is 0 Å². The quantitative estimate of drug-likeness (QED) is 0.637. The van der Waals surface area contributed by atoms with Gasteiger partial charge in [-0.15, -0.1) is 0 Å². The maximum absolute atomic E-state index is 2.31. The van der Waals surface area contributed by atoms with Crippen molar-refractivity contribution in [1.29, 1.82) is 0 Å². The van der Waals surface area contributed by atoms with E-state index in [9.17, 15) is 0 Å². The van der Waals surface area contributed by atoms with Crippen LogP contribution < -0.4 is 0 Å². The van der Waals surface area contributed by atoms with Crippen LogP contribution in [0.3, 0.4) is 0 Å². The molecule has 3 rings (SSSR count). The molecule has 0 spiro atoms. The average Bonchev–Trinajstić information content (AvgIpc) is 2.38. The molecular formula is C17H16. The van der Waals surface area contributed by atoms with Crippen molar-refractivity contribution >= 4 is 16.3 Å². The second-order valence-corrected chi connectivity index (χ2v) is 4.72. The third-order valence-electron chi connectivity index (χ3n) is 3.40. The third-order valence-corrected chi connectivity index (χ3v) is 3.40. The van der Waals surface area contributed by atoms with E-state index >= 15 is 0 Å². The molecular weight excluding hydrogens is 204 g/mol. The van der Waals surface area contributed by atoms with Gasteiger partial charge < -0.3 is 0 Å². The molecule has 2 aromatic carbocycles. The summed E-state index contributed by atoms with van der Waals surface area (Å²) in [4.78, 5) is 0. The Kier molecular flexibility index (Phi) is 2.56. The molecule has 0 atom stereocenters. The Hall–Kier alpha value is -1.82. The minimum Gasteiger partial charge on any atom is -0.0813 e. The summed E-state index contributed by atoms with van der Waals surface area (Å²) in [6, 6.07) is 15.3. The van der Waals surface area contributed by atoms with Crippen molar-refractivity contribution in [2.45, 2.75) is 19.8 Å². The van der Waals surface area contributed by atoms with Crippen LogP contribution >= 0.6 is 0 Å². The van der Waals surface area contributed by atoms with E-state index in [1.54, 1.807) is 0 Å². The summed E-state index contributed by atoms with van der Waals surface area (Å²) in [5.41, 5.74) is 4.23. The van der Waals surface area contributed by atoms with Crippen LogP contribution in [0.15, 0.2) is 60.2 Å². The van der Waals surface area contributed by atoms with Gasteiger partial charge in [0.1, 0.15) is 0 Å². The largest absolute Gasteiger partial charge is 0.0813 e. The van der Waals surface area contributed by atoms with Crippen LogP contribution in [-0.2, 0) is 0 Å². The number of allylic oxidation sites excluding steroid dienone is 4. The zero-order valence-corrected chi connectivity index (χ0v) is 10.1. The van der Waals surface area contributed by atoms with Gasteiger partial charge in [-0.1, -0.05) is 54.1 Å². The van der Waals surface area contributed by atoms with Gasteiger partial charge in [-0.05, 0) is 47.7 Å². The first-order valence-electron chi connectivity index (χ1n) is 6.19. The van der Waals surface area contributed by atoms with Crippen LogP contribution in [0.2, 0.25) is 0 Å². The molecule has 1 aliphatic carbocycles. The highest BCUT2D eigenvalue weighted by Crippen LogP contribution is 2.28. The molecule has 0 nitrogen and oxygen atoms in total. The molecule has 0 fully saturated rings. The van der Waals surface area contributed by atoms with Gasteiger partial charge in [-0.2, -0.15) is 0 Å². The lowest BCUT2D eigenvalue weighted by Crippen LogP contribution is -1.90. The summed E-state index contributed by atoms with van der Waals surface area (Å²) in [5, 5.41) is 2.65. The second-order valence-electron chi connectivity index (χ2n) is 4.72. The van der Waals surface area contributed by atoms with E-state index in [0.29, 0.717) is 0 Å². The first-order valence-corrected chi connectivity index (χ1v) is 6.19. The van der Waals surface area contributed by atoms with Gasteiger partial charge in [0.15, 0.2) is 0 Å². The topological polar surface area (TPSA) is 0 Å². The molecule has 0 unspecified atom stereocenters. The molecule has 1 aliphatic rings. The Bertz CT molecular complexity index is 615. The Morgan fingerprint density at radius 2 is 1.76 bits per heavy atom. The second kappa shape index (κ2) is 4.21. The Labute approximate surface area is 102 Å². The molecule has 0 bridgehead atoms. The van der Waals surface area contributed by atoms with Crippen LogP contribution in [0.5, 0.6) is 0 Å². The normalized spacial score (nSPS) is 15.6. The van der Waals surface area contributed by atoms with Gasteiger partial charge in [0.25, 0.3) is 0 Å². The molecule has 17 heavy (non-hydrogen) atoms. The number of hydrogen-bond donors (Lipinski definition) is 0. The Morgan fingerprint density at radius 1 is 0.941 bits per heavy atom. The van der Waals surface area contributed by atoms with Crippen molar-refractivity contribution in [2.24, 2.45) is 0 Å². The van der Waals surface area contributed by atoms with Gasteiger partial charge in [0, 0.05) is 0 Å². The Morgan fingerprint density at radius 3 is 2.59 bits per heavy atom. The zero-order valence-electron chi connectivity index (χ0n) is 10.1. The lowest BCUT2D eigenvalue weighted by atomic mass is 9.93. The summed E-state index contributed by atoms with van der Waals surface area (Å²) >= 11 is 0. The summed E-state index contributed by atoms with van der Waals surface area (Å²) in [6.07, 6.45) is 6.96. The lowest BCUT2D eigenvalue weighted by molar-refractivity contribution is 1.03. The zero-order chi connectivity index (χ0) is 11.7. The number of fused-ring (bicyclic) bond motifs is 1. The van der Waals surface area contributed by atoms with E-state index in [1.807, 2.05) is 0 Å². The highest BCUT2D eigenvalue weighted by atomic mass is 14.1.